The van der Waals surface area contributed by atoms with Gasteiger partial charge in [0.1, 0.15) is 10.6 Å². The fourth-order valence-electron chi connectivity index (χ4n) is 3.25. The molecule has 0 radical (unpaired) electrons. The maximum absolute atomic E-state index is 11.5. The Labute approximate surface area is 153 Å². The van der Waals surface area contributed by atoms with Gasteiger partial charge in [-0.05, 0) is 31.5 Å². The summed E-state index contributed by atoms with van der Waals surface area (Å²) in [6.45, 7) is 3.97. The summed E-state index contributed by atoms with van der Waals surface area (Å²) in [6.07, 6.45) is 1.52. The van der Waals surface area contributed by atoms with Gasteiger partial charge in [-0.25, -0.2) is 9.78 Å². The van der Waals surface area contributed by atoms with Gasteiger partial charge in [0, 0.05) is 17.0 Å². The second-order valence-corrected chi connectivity index (χ2v) is 7.12. The van der Waals surface area contributed by atoms with Crippen LogP contribution in [0.4, 0.5) is 5.69 Å². The largest absolute Gasteiger partial charge is 0.482 e. The number of imidazole rings is 1. The minimum atomic E-state index is -0.918. The Balaban J connectivity index is 1.85. The van der Waals surface area contributed by atoms with E-state index in [0.717, 1.165) is 29.1 Å². The Hall–Kier alpha value is -2.87. The number of aryl methyl sites for hydroxylation is 2. The number of carbonyl (C=O) groups is 2. The second kappa shape index (κ2) is 6.14. The molecule has 0 saturated heterocycles. The van der Waals surface area contributed by atoms with Crippen LogP contribution >= 0.6 is 11.3 Å². The summed E-state index contributed by atoms with van der Waals surface area (Å²) in [5, 5.41) is 12.3. The summed E-state index contributed by atoms with van der Waals surface area (Å²) in [7, 11) is 0. The molecule has 0 fully saturated rings. The molecule has 0 unspecified atom stereocenters. The van der Waals surface area contributed by atoms with Crippen molar-refractivity contribution in [2.75, 3.05) is 11.9 Å². The number of amides is 1. The fraction of sp³-hybridized carbons (Fsp3) is 0.278. The van der Waals surface area contributed by atoms with Crippen molar-refractivity contribution >= 4 is 33.9 Å². The van der Waals surface area contributed by atoms with Gasteiger partial charge in [-0.2, -0.15) is 0 Å². The smallest absolute Gasteiger partial charge is 0.347 e. The Bertz CT molecular complexity index is 1050. The lowest BCUT2D eigenvalue weighted by molar-refractivity contribution is -0.118. The molecule has 3 heterocycles. The van der Waals surface area contributed by atoms with Crippen molar-refractivity contribution in [1.29, 1.82) is 0 Å². The van der Waals surface area contributed by atoms with Gasteiger partial charge in [-0.3, -0.25) is 9.20 Å². The number of aromatic nitrogens is 2. The number of benzene rings is 1. The van der Waals surface area contributed by atoms with Crippen LogP contribution in [0.2, 0.25) is 0 Å². The zero-order chi connectivity index (χ0) is 18.4. The van der Waals surface area contributed by atoms with Gasteiger partial charge in [-0.15, -0.1) is 0 Å². The predicted molar refractivity (Wildman–Crippen MR) is 98.3 cm³/mol. The van der Waals surface area contributed by atoms with E-state index >= 15 is 0 Å². The van der Waals surface area contributed by atoms with Crippen molar-refractivity contribution in [3.05, 3.63) is 34.5 Å². The number of aromatic carboxylic acids is 1. The third kappa shape index (κ3) is 2.53. The maximum atomic E-state index is 11.5. The molecule has 0 atom stereocenters. The number of carbonyl (C=O) groups excluding carboxylic acids is 1. The van der Waals surface area contributed by atoms with Crippen LogP contribution in [0.15, 0.2) is 18.2 Å². The van der Waals surface area contributed by atoms with E-state index in [1.54, 1.807) is 0 Å². The molecular weight excluding hydrogens is 354 g/mol. The normalized spacial score (nSPS) is 13.4. The molecule has 7 nitrogen and oxygen atoms in total. The third-order valence-corrected chi connectivity index (χ3v) is 5.44. The van der Waals surface area contributed by atoms with Crippen molar-refractivity contribution in [2.24, 2.45) is 0 Å². The highest BCUT2D eigenvalue weighted by molar-refractivity contribution is 7.19. The van der Waals surface area contributed by atoms with Crippen LogP contribution in [0, 0.1) is 6.92 Å². The van der Waals surface area contributed by atoms with Crippen LogP contribution in [0.5, 0.6) is 5.75 Å². The molecule has 3 aromatic rings. The Morgan fingerprint density at radius 1 is 1.46 bits per heavy atom. The highest BCUT2D eigenvalue weighted by atomic mass is 32.1. The van der Waals surface area contributed by atoms with Crippen LogP contribution < -0.4 is 10.1 Å². The van der Waals surface area contributed by atoms with Gasteiger partial charge in [0.05, 0.1) is 11.4 Å². The highest BCUT2D eigenvalue weighted by Gasteiger charge is 2.23. The van der Waals surface area contributed by atoms with Crippen molar-refractivity contribution in [3.8, 4) is 17.0 Å². The van der Waals surface area contributed by atoms with Gasteiger partial charge in [0.25, 0.3) is 5.91 Å². The quantitative estimate of drug-likeness (QED) is 0.734. The van der Waals surface area contributed by atoms with Gasteiger partial charge < -0.3 is 15.2 Å². The summed E-state index contributed by atoms with van der Waals surface area (Å²) in [5.41, 5.74) is 3.91. The minimum Gasteiger partial charge on any atom is -0.482 e. The molecule has 26 heavy (non-hydrogen) atoms. The van der Waals surface area contributed by atoms with E-state index in [0.29, 0.717) is 27.7 Å². The zero-order valence-corrected chi connectivity index (χ0v) is 15.1. The second-order valence-electron chi connectivity index (χ2n) is 6.14. The number of carboxylic acids is 1. The van der Waals surface area contributed by atoms with E-state index in [2.05, 4.69) is 10.3 Å². The lowest BCUT2D eigenvalue weighted by Crippen LogP contribution is -2.25. The molecule has 0 bridgehead atoms. The average Bonchev–Trinajstić information content (AvgIpc) is 3.12. The first-order chi connectivity index (χ1) is 12.5. The summed E-state index contributed by atoms with van der Waals surface area (Å²) in [6, 6.07) is 5.55. The number of ether oxygens (including phenoxy) is 1. The van der Waals surface area contributed by atoms with Crippen molar-refractivity contribution in [2.45, 2.75) is 26.7 Å². The summed E-state index contributed by atoms with van der Waals surface area (Å²) in [5.74, 6) is -0.473. The molecule has 2 aromatic heterocycles. The lowest BCUT2D eigenvalue weighted by Gasteiger charge is -2.18. The van der Waals surface area contributed by atoms with Crippen LogP contribution in [-0.4, -0.2) is 33.0 Å². The molecule has 8 heteroatoms. The van der Waals surface area contributed by atoms with Gasteiger partial charge >= 0.3 is 5.97 Å². The third-order valence-electron chi connectivity index (χ3n) is 4.37. The number of fused-ring (bicyclic) bond motifs is 2. The maximum Gasteiger partial charge on any atom is 0.347 e. The first-order valence-electron chi connectivity index (χ1n) is 8.30. The Morgan fingerprint density at radius 3 is 3.00 bits per heavy atom. The predicted octanol–water partition coefficient (Wildman–Crippen LogP) is 3.35. The van der Waals surface area contributed by atoms with E-state index in [9.17, 15) is 14.7 Å². The van der Waals surface area contributed by atoms with E-state index in [1.807, 2.05) is 36.4 Å². The fourth-order valence-corrected chi connectivity index (χ4v) is 4.30. The van der Waals surface area contributed by atoms with Crippen LogP contribution in [0.1, 0.15) is 34.4 Å². The number of nitrogens with one attached hydrogen (secondary N) is 1. The lowest BCUT2D eigenvalue weighted by atomic mass is 10.1. The number of hydrogen-bond donors (Lipinski definition) is 2. The van der Waals surface area contributed by atoms with E-state index in [4.69, 9.17) is 4.74 Å². The van der Waals surface area contributed by atoms with E-state index < -0.39 is 5.97 Å². The molecule has 1 aromatic carbocycles. The Morgan fingerprint density at radius 2 is 2.27 bits per heavy atom. The van der Waals surface area contributed by atoms with Crippen molar-refractivity contribution in [1.82, 2.24) is 9.38 Å². The zero-order valence-electron chi connectivity index (χ0n) is 14.3. The molecule has 0 spiro atoms. The summed E-state index contributed by atoms with van der Waals surface area (Å²) < 4.78 is 7.33. The molecule has 1 aliphatic rings. The van der Waals surface area contributed by atoms with Crippen LogP contribution in [-0.2, 0) is 11.2 Å². The summed E-state index contributed by atoms with van der Waals surface area (Å²) >= 11 is 1.19. The topological polar surface area (TPSA) is 92.9 Å². The standard InChI is InChI=1S/C18H17N3O4S/c1-3-4-12-16(17(23)24)26-18-20-15(9(2)21(12)18)10-5-6-13-11(7-10)19-14(22)8-25-13/h5-7H,3-4,8H2,1-2H3,(H,19,22)(H,23,24). The SMILES string of the molecule is CCCc1c(C(=O)O)sc2nc(-c3ccc4c(c3)NC(=O)CO4)c(C)n12. The van der Waals surface area contributed by atoms with E-state index in [1.165, 1.54) is 11.3 Å². The van der Waals surface area contributed by atoms with Crippen LogP contribution in [0.3, 0.4) is 0 Å². The van der Waals surface area contributed by atoms with Gasteiger partial charge in [-0.1, -0.05) is 24.7 Å². The number of carboxylic acid groups (broad SMARTS) is 1. The number of nitrogens with zero attached hydrogens (tertiary/aromatic N) is 2. The molecule has 1 aliphatic heterocycles. The number of anilines is 1. The molecule has 0 aliphatic carbocycles. The summed E-state index contributed by atoms with van der Waals surface area (Å²) in [4.78, 5) is 28.8. The van der Waals surface area contributed by atoms with Gasteiger partial charge in [0.2, 0.25) is 0 Å². The molecule has 134 valence electrons. The molecular formula is C18H17N3O4S. The van der Waals surface area contributed by atoms with Crippen molar-refractivity contribution in [3.63, 3.8) is 0 Å². The monoisotopic (exact) mass is 371 g/mol. The number of hydrogen-bond acceptors (Lipinski definition) is 5. The number of rotatable bonds is 4. The molecule has 0 saturated carbocycles. The molecule has 2 N–H and O–H groups in total. The molecule has 4 rings (SSSR count). The van der Waals surface area contributed by atoms with Crippen LogP contribution in [0.25, 0.3) is 16.2 Å². The molecule has 1 amide bonds. The van der Waals surface area contributed by atoms with E-state index in [-0.39, 0.29) is 12.5 Å². The first-order valence-corrected chi connectivity index (χ1v) is 9.12. The minimum absolute atomic E-state index is 0.0178. The average molecular weight is 371 g/mol. The van der Waals surface area contributed by atoms with Gasteiger partial charge in [0.15, 0.2) is 11.6 Å². The Kier molecular flexibility index (Phi) is 3.91. The first kappa shape index (κ1) is 16.6. The van der Waals surface area contributed by atoms with Crippen molar-refractivity contribution < 1.29 is 19.4 Å². The highest BCUT2D eigenvalue weighted by Crippen LogP contribution is 2.36. The number of thiazole rings is 1.